The summed E-state index contributed by atoms with van der Waals surface area (Å²) in [5, 5.41) is 28.6. The number of benzene rings is 3. The lowest BCUT2D eigenvalue weighted by molar-refractivity contribution is 0.144. The Balaban J connectivity index is 1.60. The quantitative estimate of drug-likeness (QED) is 0.264. The molecular formula is C24H23N3O4S. The first kappa shape index (κ1) is 21.7. The van der Waals surface area contributed by atoms with Gasteiger partial charge in [-0.25, -0.2) is 4.79 Å². The molecule has 0 bridgehead atoms. The van der Waals surface area contributed by atoms with Gasteiger partial charge in [0.1, 0.15) is 28.2 Å². The van der Waals surface area contributed by atoms with E-state index in [1.807, 2.05) is 37.3 Å². The molecule has 0 aliphatic carbocycles. The third kappa shape index (κ3) is 4.86. The van der Waals surface area contributed by atoms with Gasteiger partial charge in [0.05, 0.1) is 0 Å². The van der Waals surface area contributed by atoms with Crippen LogP contribution in [0.3, 0.4) is 0 Å². The summed E-state index contributed by atoms with van der Waals surface area (Å²) < 4.78 is 4.64. The summed E-state index contributed by atoms with van der Waals surface area (Å²) in [5.74, 6) is 0.499. The minimum atomic E-state index is -1.34. The van der Waals surface area contributed by atoms with Crippen LogP contribution < -0.4 is 4.74 Å². The first-order valence-electron chi connectivity index (χ1n) is 10.3. The summed E-state index contributed by atoms with van der Waals surface area (Å²) in [6.45, 7) is 4.13. The number of carboxylic acid groups (broad SMARTS) is 1. The van der Waals surface area contributed by atoms with Crippen LogP contribution in [0.1, 0.15) is 30.9 Å². The number of carbonyl (C=O) groups is 1. The summed E-state index contributed by atoms with van der Waals surface area (Å²) in [6, 6.07) is 16.5. The first-order chi connectivity index (χ1) is 15.4. The molecule has 7 nitrogen and oxygen atoms in total. The van der Waals surface area contributed by atoms with Gasteiger partial charge in [-0.1, -0.05) is 31.2 Å². The molecule has 4 aromatic rings. The molecule has 3 aromatic carbocycles. The van der Waals surface area contributed by atoms with Gasteiger partial charge in [0.2, 0.25) is 0 Å². The largest absolute Gasteiger partial charge is 0.511 e. The van der Waals surface area contributed by atoms with Crippen molar-refractivity contribution in [3.63, 3.8) is 0 Å². The SMILES string of the molecule is CCCCc1cc(C)cc(-n2nc3ccc(Sc4ccc(OC(=O)O)cc4)cc3n2)c1O. The van der Waals surface area contributed by atoms with Gasteiger partial charge >= 0.3 is 6.16 Å². The topological polar surface area (TPSA) is 97.5 Å². The lowest BCUT2D eigenvalue weighted by Crippen LogP contribution is -2.02. The molecule has 0 fully saturated rings. The van der Waals surface area contributed by atoms with E-state index in [1.165, 1.54) is 16.6 Å². The molecule has 0 saturated carbocycles. The maximum Gasteiger partial charge on any atom is 0.511 e. The molecule has 8 heteroatoms. The van der Waals surface area contributed by atoms with Crippen molar-refractivity contribution in [2.75, 3.05) is 0 Å². The van der Waals surface area contributed by atoms with Crippen molar-refractivity contribution in [1.29, 1.82) is 0 Å². The molecule has 0 atom stereocenters. The van der Waals surface area contributed by atoms with Gasteiger partial charge in [0.25, 0.3) is 0 Å². The molecule has 0 unspecified atom stereocenters. The molecule has 2 N–H and O–H groups in total. The normalized spacial score (nSPS) is 11.1. The molecule has 0 radical (unpaired) electrons. The van der Waals surface area contributed by atoms with Crippen LogP contribution in [-0.4, -0.2) is 31.4 Å². The van der Waals surface area contributed by atoms with Crippen LogP contribution in [0.5, 0.6) is 11.5 Å². The van der Waals surface area contributed by atoms with Crippen LogP contribution in [0.2, 0.25) is 0 Å². The van der Waals surface area contributed by atoms with Gasteiger partial charge < -0.3 is 14.9 Å². The molecule has 4 rings (SSSR count). The minimum absolute atomic E-state index is 0.225. The third-order valence-corrected chi connectivity index (χ3v) is 5.94. The summed E-state index contributed by atoms with van der Waals surface area (Å²) in [6.07, 6.45) is 1.54. The van der Waals surface area contributed by atoms with Crippen molar-refractivity contribution in [2.45, 2.75) is 42.9 Å². The number of unbranched alkanes of at least 4 members (excludes halogenated alkanes) is 1. The number of phenolic OH excluding ortho intramolecular Hbond substituents is 1. The number of aryl methyl sites for hydroxylation is 2. The second-order valence-corrected chi connectivity index (χ2v) is 8.62. The number of hydrogen-bond donors (Lipinski definition) is 2. The maximum absolute atomic E-state index is 10.8. The summed E-state index contributed by atoms with van der Waals surface area (Å²) in [5.41, 5.74) is 3.99. The molecule has 0 aliphatic heterocycles. The molecule has 0 saturated heterocycles. The first-order valence-corrected chi connectivity index (χ1v) is 11.1. The van der Waals surface area contributed by atoms with Crippen molar-refractivity contribution in [3.8, 4) is 17.2 Å². The predicted molar refractivity (Wildman–Crippen MR) is 123 cm³/mol. The van der Waals surface area contributed by atoms with Crippen molar-refractivity contribution in [2.24, 2.45) is 0 Å². The zero-order valence-electron chi connectivity index (χ0n) is 17.8. The Morgan fingerprint density at radius 3 is 2.47 bits per heavy atom. The summed E-state index contributed by atoms with van der Waals surface area (Å²) in [7, 11) is 0. The average Bonchev–Trinajstić information content (AvgIpc) is 3.18. The van der Waals surface area contributed by atoms with E-state index in [0.717, 1.165) is 51.2 Å². The Morgan fingerprint density at radius 1 is 1.03 bits per heavy atom. The van der Waals surface area contributed by atoms with Gasteiger partial charge in [-0.3, -0.25) is 0 Å². The van der Waals surface area contributed by atoms with Crippen LogP contribution in [-0.2, 0) is 6.42 Å². The number of rotatable bonds is 7. The van der Waals surface area contributed by atoms with E-state index in [1.54, 1.807) is 24.3 Å². The van der Waals surface area contributed by atoms with Crippen molar-refractivity contribution in [1.82, 2.24) is 15.0 Å². The van der Waals surface area contributed by atoms with E-state index in [-0.39, 0.29) is 11.5 Å². The maximum atomic E-state index is 10.8. The molecule has 164 valence electrons. The van der Waals surface area contributed by atoms with Gasteiger partial charge in [0, 0.05) is 9.79 Å². The monoisotopic (exact) mass is 449 g/mol. The minimum Gasteiger partial charge on any atom is -0.505 e. The zero-order valence-corrected chi connectivity index (χ0v) is 18.6. The number of nitrogens with zero attached hydrogens (tertiary/aromatic N) is 3. The lowest BCUT2D eigenvalue weighted by atomic mass is 10.0. The fourth-order valence-corrected chi connectivity index (χ4v) is 4.27. The highest BCUT2D eigenvalue weighted by atomic mass is 32.2. The molecule has 0 aliphatic rings. The van der Waals surface area contributed by atoms with Crippen LogP contribution in [0.25, 0.3) is 16.7 Å². The smallest absolute Gasteiger partial charge is 0.505 e. The highest BCUT2D eigenvalue weighted by molar-refractivity contribution is 7.99. The van der Waals surface area contributed by atoms with E-state index < -0.39 is 6.16 Å². The van der Waals surface area contributed by atoms with Gasteiger partial charge in [-0.15, -0.1) is 15.0 Å². The third-order valence-electron chi connectivity index (χ3n) is 4.94. The summed E-state index contributed by atoms with van der Waals surface area (Å²) >= 11 is 1.52. The molecule has 1 heterocycles. The standard InChI is InChI=1S/C24H23N3O4S/c1-3-4-5-16-12-15(2)13-22(23(16)28)27-25-20-11-10-19(14-21(20)26-27)32-18-8-6-17(7-9-18)31-24(29)30/h6-14,28H,3-5H2,1-2H3,(H,29,30). The summed E-state index contributed by atoms with van der Waals surface area (Å²) in [4.78, 5) is 14.0. The second kappa shape index (κ2) is 9.32. The molecular weight excluding hydrogens is 426 g/mol. The lowest BCUT2D eigenvalue weighted by Gasteiger charge is -2.10. The van der Waals surface area contributed by atoms with Gasteiger partial charge in [-0.05, 0) is 79.4 Å². The Kier molecular flexibility index (Phi) is 6.32. The van der Waals surface area contributed by atoms with E-state index in [9.17, 15) is 9.90 Å². The van der Waals surface area contributed by atoms with Crippen molar-refractivity contribution in [3.05, 3.63) is 65.7 Å². The molecule has 1 aromatic heterocycles. The van der Waals surface area contributed by atoms with Crippen LogP contribution >= 0.6 is 11.8 Å². The zero-order chi connectivity index (χ0) is 22.7. The Labute approximate surface area is 189 Å². The Hall–Kier alpha value is -3.52. The molecule has 0 amide bonds. The number of fused-ring (bicyclic) bond motifs is 1. The van der Waals surface area contributed by atoms with Crippen LogP contribution in [0.4, 0.5) is 4.79 Å². The van der Waals surface area contributed by atoms with E-state index in [2.05, 4.69) is 21.9 Å². The molecule has 0 spiro atoms. The fraction of sp³-hybridized carbons (Fsp3) is 0.208. The number of aromatic nitrogens is 3. The second-order valence-electron chi connectivity index (χ2n) is 7.48. The number of ether oxygens (including phenoxy) is 1. The highest BCUT2D eigenvalue weighted by Crippen LogP contribution is 2.32. The van der Waals surface area contributed by atoms with Crippen molar-refractivity contribution >= 4 is 29.0 Å². The van der Waals surface area contributed by atoms with E-state index in [4.69, 9.17) is 5.11 Å². The van der Waals surface area contributed by atoms with E-state index in [0.29, 0.717) is 5.69 Å². The highest BCUT2D eigenvalue weighted by Gasteiger charge is 2.14. The predicted octanol–water partition coefficient (Wildman–Crippen LogP) is 5.99. The number of phenols is 1. The van der Waals surface area contributed by atoms with Gasteiger partial charge in [0.15, 0.2) is 0 Å². The fourth-order valence-electron chi connectivity index (χ4n) is 3.42. The Morgan fingerprint density at radius 2 is 1.75 bits per heavy atom. The Bertz CT molecular complexity index is 1270. The van der Waals surface area contributed by atoms with E-state index >= 15 is 0 Å². The number of aromatic hydroxyl groups is 1. The van der Waals surface area contributed by atoms with Gasteiger partial charge in [-0.2, -0.15) is 0 Å². The van der Waals surface area contributed by atoms with Crippen LogP contribution in [0.15, 0.2) is 64.4 Å². The van der Waals surface area contributed by atoms with Crippen molar-refractivity contribution < 1.29 is 19.7 Å². The average molecular weight is 450 g/mol. The van der Waals surface area contributed by atoms with Crippen LogP contribution in [0, 0.1) is 6.92 Å². The molecule has 32 heavy (non-hydrogen) atoms. The number of hydrogen-bond acceptors (Lipinski definition) is 6.